The minimum Gasteiger partial charge on any atom is -0.349 e. The Kier molecular flexibility index (Phi) is 6.13. The molecule has 144 valence electrons. The molecule has 1 amide bonds. The zero-order chi connectivity index (χ0) is 19.3. The Bertz CT molecular complexity index is 859. The number of carbonyl (C=O) groups excluding carboxylic acids is 1. The molecule has 7 heteroatoms. The number of sulfonamides is 1. The number of anilines is 1. The van der Waals surface area contributed by atoms with Crippen LogP contribution in [0.4, 0.5) is 5.69 Å². The number of amides is 1. The minimum absolute atomic E-state index is 0.124. The Morgan fingerprint density at radius 1 is 1.04 bits per heavy atom. The van der Waals surface area contributed by atoms with Crippen LogP contribution < -0.4 is 10.0 Å². The summed E-state index contributed by atoms with van der Waals surface area (Å²) >= 11 is 0. The number of para-hydroxylation sites is 1. The number of hydrogen-bond donors (Lipinski definition) is 2. The van der Waals surface area contributed by atoms with Crippen LogP contribution in [0.2, 0.25) is 0 Å². The molecule has 0 unspecified atom stereocenters. The van der Waals surface area contributed by atoms with E-state index < -0.39 is 10.0 Å². The summed E-state index contributed by atoms with van der Waals surface area (Å²) in [4.78, 5) is 14.9. The predicted octanol–water partition coefficient (Wildman–Crippen LogP) is 2.70. The first-order valence-corrected chi connectivity index (χ1v) is 10.7. The third kappa shape index (κ3) is 5.08. The van der Waals surface area contributed by atoms with Gasteiger partial charge in [-0.25, -0.2) is 8.42 Å². The standard InChI is InChI=1S/C20H25N3O3S/c1-2-23-14-12-17(13-15-23)21-20(24)16-8-10-19(11-9-16)27(25,26)22-18-6-4-3-5-7-18/h3-11,17,22H,2,12-15H2,1H3,(H,21,24). The Labute approximate surface area is 160 Å². The van der Waals surface area contributed by atoms with Gasteiger partial charge in [0.1, 0.15) is 0 Å². The van der Waals surface area contributed by atoms with Gasteiger partial charge in [-0.2, -0.15) is 0 Å². The monoisotopic (exact) mass is 387 g/mol. The highest BCUT2D eigenvalue weighted by Gasteiger charge is 2.21. The SMILES string of the molecule is CCN1CCC(NC(=O)c2ccc(S(=O)(=O)Nc3ccccc3)cc2)CC1. The largest absolute Gasteiger partial charge is 0.349 e. The molecule has 0 radical (unpaired) electrons. The van der Waals surface area contributed by atoms with Crippen LogP contribution in [0.1, 0.15) is 30.1 Å². The number of benzene rings is 2. The van der Waals surface area contributed by atoms with Gasteiger partial charge in [0, 0.05) is 30.4 Å². The second-order valence-electron chi connectivity index (χ2n) is 6.68. The quantitative estimate of drug-likeness (QED) is 0.799. The van der Waals surface area contributed by atoms with Crippen molar-refractivity contribution in [2.75, 3.05) is 24.4 Å². The third-order valence-corrected chi connectivity index (χ3v) is 6.22. The van der Waals surface area contributed by atoms with Crippen molar-refractivity contribution >= 4 is 21.6 Å². The van der Waals surface area contributed by atoms with E-state index in [2.05, 4.69) is 21.9 Å². The molecule has 2 N–H and O–H groups in total. The number of nitrogens with zero attached hydrogens (tertiary/aromatic N) is 1. The lowest BCUT2D eigenvalue weighted by Gasteiger charge is -2.31. The van der Waals surface area contributed by atoms with Gasteiger partial charge in [-0.05, 0) is 55.8 Å². The Balaban J connectivity index is 1.62. The van der Waals surface area contributed by atoms with Crippen molar-refractivity contribution in [3.8, 4) is 0 Å². The summed E-state index contributed by atoms with van der Waals surface area (Å²) in [5, 5.41) is 3.05. The average molecular weight is 388 g/mol. The zero-order valence-electron chi connectivity index (χ0n) is 15.4. The maximum atomic E-state index is 12.4. The van der Waals surface area contributed by atoms with E-state index in [4.69, 9.17) is 0 Å². The highest BCUT2D eigenvalue weighted by Crippen LogP contribution is 2.17. The van der Waals surface area contributed by atoms with Crippen molar-refractivity contribution in [2.45, 2.75) is 30.7 Å². The first kappa shape index (κ1) is 19.4. The summed E-state index contributed by atoms with van der Waals surface area (Å²) in [5.74, 6) is -0.162. The number of likely N-dealkylation sites (tertiary alicyclic amines) is 1. The van der Waals surface area contributed by atoms with Gasteiger partial charge in [-0.15, -0.1) is 0 Å². The minimum atomic E-state index is -3.68. The van der Waals surface area contributed by atoms with Crippen molar-refractivity contribution in [2.24, 2.45) is 0 Å². The van der Waals surface area contributed by atoms with Crippen LogP contribution in [0.15, 0.2) is 59.5 Å². The lowest BCUT2D eigenvalue weighted by Crippen LogP contribution is -2.44. The summed E-state index contributed by atoms with van der Waals surface area (Å²) in [5.41, 5.74) is 0.962. The second-order valence-corrected chi connectivity index (χ2v) is 8.36. The molecule has 0 spiro atoms. The molecule has 1 heterocycles. The normalized spacial score (nSPS) is 16.0. The molecule has 3 rings (SSSR count). The maximum absolute atomic E-state index is 12.4. The van der Waals surface area contributed by atoms with Crippen molar-refractivity contribution in [1.82, 2.24) is 10.2 Å². The molecular formula is C20H25N3O3S. The van der Waals surface area contributed by atoms with Gasteiger partial charge in [0.25, 0.3) is 15.9 Å². The van der Waals surface area contributed by atoms with E-state index in [1.165, 1.54) is 12.1 Å². The number of carbonyl (C=O) groups is 1. The van der Waals surface area contributed by atoms with Gasteiger partial charge < -0.3 is 10.2 Å². The first-order chi connectivity index (χ1) is 13.0. The van der Waals surface area contributed by atoms with Crippen LogP contribution in [0, 0.1) is 0 Å². The molecular weight excluding hydrogens is 362 g/mol. The van der Waals surface area contributed by atoms with E-state index >= 15 is 0 Å². The molecule has 1 saturated heterocycles. The Morgan fingerprint density at radius 2 is 1.67 bits per heavy atom. The molecule has 0 atom stereocenters. The van der Waals surface area contributed by atoms with Crippen LogP contribution in [-0.4, -0.2) is 44.9 Å². The summed E-state index contributed by atoms with van der Waals surface area (Å²) < 4.78 is 27.4. The highest BCUT2D eigenvalue weighted by atomic mass is 32.2. The molecule has 1 fully saturated rings. The Hall–Kier alpha value is -2.38. The molecule has 6 nitrogen and oxygen atoms in total. The van der Waals surface area contributed by atoms with Gasteiger partial charge in [0.15, 0.2) is 0 Å². The molecule has 0 bridgehead atoms. The Morgan fingerprint density at radius 3 is 2.26 bits per heavy atom. The number of piperidine rings is 1. The van der Waals surface area contributed by atoms with E-state index in [0.717, 1.165) is 32.5 Å². The zero-order valence-corrected chi connectivity index (χ0v) is 16.2. The van der Waals surface area contributed by atoms with Crippen molar-refractivity contribution in [1.29, 1.82) is 0 Å². The molecule has 1 aliphatic heterocycles. The summed E-state index contributed by atoms with van der Waals surface area (Å²) in [7, 11) is -3.68. The molecule has 1 aliphatic rings. The fraction of sp³-hybridized carbons (Fsp3) is 0.350. The smallest absolute Gasteiger partial charge is 0.261 e. The maximum Gasteiger partial charge on any atom is 0.261 e. The summed E-state index contributed by atoms with van der Waals surface area (Å²) in [6.07, 6.45) is 1.88. The second kappa shape index (κ2) is 8.54. The average Bonchev–Trinajstić information content (AvgIpc) is 2.69. The van der Waals surface area contributed by atoms with Gasteiger partial charge in [0.05, 0.1) is 4.90 Å². The van der Waals surface area contributed by atoms with E-state index in [1.54, 1.807) is 36.4 Å². The fourth-order valence-electron chi connectivity index (χ4n) is 3.17. The van der Waals surface area contributed by atoms with Gasteiger partial charge in [-0.1, -0.05) is 25.1 Å². The van der Waals surface area contributed by atoms with E-state index in [1.807, 2.05) is 6.07 Å². The van der Waals surface area contributed by atoms with Crippen molar-refractivity contribution < 1.29 is 13.2 Å². The molecule has 2 aromatic carbocycles. The van der Waals surface area contributed by atoms with Crippen molar-refractivity contribution in [3.05, 3.63) is 60.2 Å². The summed E-state index contributed by atoms with van der Waals surface area (Å²) in [6, 6.07) is 14.9. The first-order valence-electron chi connectivity index (χ1n) is 9.19. The number of rotatable bonds is 6. The molecule has 27 heavy (non-hydrogen) atoms. The molecule has 0 saturated carbocycles. The van der Waals surface area contributed by atoms with Crippen LogP contribution >= 0.6 is 0 Å². The molecule has 0 aliphatic carbocycles. The molecule has 0 aromatic heterocycles. The predicted molar refractivity (Wildman–Crippen MR) is 106 cm³/mol. The summed E-state index contributed by atoms with van der Waals surface area (Å²) in [6.45, 7) is 5.16. The van der Waals surface area contributed by atoms with Crippen molar-refractivity contribution in [3.63, 3.8) is 0 Å². The topological polar surface area (TPSA) is 78.5 Å². The number of hydrogen-bond acceptors (Lipinski definition) is 4. The van der Waals surface area contributed by atoms with E-state index in [9.17, 15) is 13.2 Å². The van der Waals surface area contributed by atoms with E-state index in [-0.39, 0.29) is 16.8 Å². The van der Waals surface area contributed by atoms with Crippen LogP contribution in [0.5, 0.6) is 0 Å². The lowest BCUT2D eigenvalue weighted by atomic mass is 10.0. The van der Waals surface area contributed by atoms with Gasteiger partial charge in [0.2, 0.25) is 0 Å². The number of nitrogens with one attached hydrogen (secondary N) is 2. The van der Waals surface area contributed by atoms with Gasteiger partial charge >= 0.3 is 0 Å². The van der Waals surface area contributed by atoms with Gasteiger partial charge in [-0.3, -0.25) is 9.52 Å². The lowest BCUT2D eigenvalue weighted by molar-refractivity contribution is 0.0912. The van der Waals surface area contributed by atoms with E-state index in [0.29, 0.717) is 11.3 Å². The fourth-order valence-corrected chi connectivity index (χ4v) is 4.23. The van der Waals surface area contributed by atoms with Crippen LogP contribution in [0.3, 0.4) is 0 Å². The van der Waals surface area contributed by atoms with Crippen LogP contribution in [-0.2, 0) is 10.0 Å². The third-order valence-electron chi connectivity index (χ3n) is 4.82. The molecule has 2 aromatic rings. The highest BCUT2D eigenvalue weighted by molar-refractivity contribution is 7.92. The van der Waals surface area contributed by atoms with Crippen LogP contribution in [0.25, 0.3) is 0 Å².